The maximum absolute atomic E-state index is 12.3. The topological polar surface area (TPSA) is 35.5 Å². The molecular weight excluding hydrogens is 252 g/mol. The molecule has 0 spiro atoms. The minimum absolute atomic E-state index is 0.109. The number of hydrogen-bond acceptors (Lipinski definition) is 3. The second-order valence-corrected chi connectivity index (χ2v) is 7.53. The van der Waals surface area contributed by atoms with Crippen LogP contribution in [-0.4, -0.2) is 23.8 Å². The predicted octanol–water partition coefficient (Wildman–Crippen LogP) is 4.58. The van der Waals surface area contributed by atoms with Crippen molar-refractivity contribution < 1.29 is 14.3 Å². The molecule has 0 rings (SSSR count). The molecule has 120 valence electrons. The van der Waals surface area contributed by atoms with Crippen LogP contribution >= 0.6 is 0 Å². The number of carbonyl (C=O) groups is 1. The Kier molecular flexibility index (Phi) is 7.23. The summed E-state index contributed by atoms with van der Waals surface area (Å²) in [4.78, 5) is 12.3. The molecule has 0 saturated heterocycles. The first-order chi connectivity index (χ1) is 8.92. The summed E-state index contributed by atoms with van der Waals surface area (Å²) in [6, 6.07) is 0. The van der Waals surface area contributed by atoms with Gasteiger partial charge in [0.1, 0.15) is 6.10 Å². The molecule has 0 fully saturated rings. The van der Waals surface area contributed by atoms with Crippen molar-refractivity contribution in [3.63, 3.8) is 0 Å². The van der Waals surface area contributed by atoms with Crippen molar-refractivity contribution >= 4 is 5.97 Å². The van der Waals surface area contributed by atoms with Crippen LogP contribution in [0.1, 0.15) is 75.2 Å². The monoisotopic (exact) mass is 286 g/mol. The zero-order valence-corrected chi connectivity index (χ0v) is 14.9. The first-order valence-electron chi connectivity index (χ1n) is 7.81. The molecule has 0 heterocycles. The largest absolute Gasteiger partial charge is 0.459 e. The summed E-state index contributed by atoms with van der Waals surface area (Å²) in [6.07, 6.45) is 1.47. The molecule has 3 heteroatoms. The SMILES string of the molecule is CCC(C)(C)C(=O)OC(CC(C)C)C(C)(C)OC(C)C. The van der Waals surface area contributed by atoms with E-state index in [2.05, 4.69) is 13.8 Å². The molecule has 0 aromatic heterocycles. The standard InChI is InChI=1S/C17H34O3/c1-10-16(6,7)15(18)19-14(11-12(2)3)17(8,9)20-13(4)5/h12-14H,10-11H2,1-9H3. The molecule has 1 atom stereocenters. The van der Waals surface area contributed by atoms with Crippen molar-refractivity contribution in [2.45, 2.75) is 93.0 Å². The Labute approximate surface area is 125 Å². The summed E-state index contributed by atoms with van der Waals surface area (Å²) in [6.45, 7) is 18.2. The Morgan fingerprint density at radius 3 is 1.90 bits per heavy atom. The van der Waals surface area contributed by atoms with Gasteiger partial charge in [0.25, 0.3) is 0 Å². The molecule has 0 aliphatic heterocycles. The lowest BCUT2D eigenvalue weighted by molar-refractivity contribution is -0.186. The third-order valence-electron chi connectivity index (χ3n) is 3.69. The Morgan fingerprint density at radius 1 is 1.05 bits per heavy atom. The fourth-order valence-corrected chi connectivity index (χ4v) is 2.02. The Hall–Kier alpha value is -0.570. The first kappa shape index (κ1) is 19.4. The van der Waals surface area contributed by atoms with E-state index in [-0.39, 0.29) is 18.2 Å². The van der Waals surface area contributed by atoms with Crippen LogP contribution in [0.25, 0.3) is 0 Å². The number of esters is 1. The summed E-state index contributed by atoms with van der Waals surface area (Å²) >= 11 is 0. The molecule has 0 aliphatic rings. The average Bonchev–Trinajstić information content (AvgIpc) is 2.25. The minimum Gasteiger partial charge on any atom is -0.459 e. The highest BCUT2D eigenvalue weighted by Crippen LogP contribution is 2.29. The van der Waals surface area contributed by atoms with E-state index in [1.165, 1.54) is 0 Å². The van der Waals surface area contributed by atoms with E-state index >= 15 is 0 Å². The van der Waals surface area contributed by atoms with Crippen LogP contribution in [0, 0.1) is 11.3 Å². The normalized spacial score (nSPS) is 14.8. The van der Waals surface area contributed by atoms with Gasteiger partial charge in [-0.05, 0) is 60.3 Å². The van der Waals surface area contributed by atoms with Gasteiger partial charge in [-0.1, -0.05) is 20.8 Å². The zero-order valence-electron chi connectivity index (χ0n) is 14.9. The van der Waals surface area contributed by atoms with Crippen molar-refractivity contribution in [2.75, 3.05) is 0 Å². The van der Waals surface area contributed by atoms with E-state index in [4.69, 9.17) is 9.47 Å². The molecule has 0 N–H and O–H groups in total. The van der Waals surface area contributed by atoms with Gasteiger partial charge < -0.3 is 9.47 Å². The third kappa shape index (κ3) is 6.25. The highest BCUT2D eigenvalue weighted by Gasteiger charge is 2.38. The van der Waals surface area contributed by atoms with Crippen molar-refractivity contribution in [3.05, 3.63) is 0 Å². The van der Waals surface area contributed by atoms with E-state index in [1.54, 1.807) is 0 Å². The highest BCUT2D eigenvalue weighted by atomic mass is 16.6. The van der Waals surface area contributed by atoms with Gasteiger partial charge in [0.15, 0.2) is 0 Å². The molecule has 0 aliphatic carbocycles. The van der Waals surface area contributed by atoms with Gasteiger partial charge in [0.05, 0.1) is 17.1 Å². The molecule has 20 heavy (non-hydrogen) atoms. The molecule has 3 nitrogen and oxygen atoms in total. The summed E-state index contributed by atoms with van der Waals surface area (Å²) in [5.41, 5.74) is -0.916. The van der Waals surface area contributed by atoms with Crippen LogP contribution in [0.15, 0.2) is 0 Å². The Morgan fingerprint density at radius 2 is 1.55 bits per heavy atom. The van der Waals surface area contributed by atoms with Crippen LogP contribution in [0.4, 0.5) is 0 Å². The van der Waals surface area contributed by atoms with Gasteiger partial charge in [0, 0.05) is 0 Å². The van der Waals surface area contributed by atoms with Crippen LogP contribution in [-0.2, 0) is 14.3 Å². The van der Waals surface area contributed by atoms with E-state index in [9.17, 15) is 4.79 Å². The summed E-state index contributed by atoms with van der Waals surface area (Å²) < 4.78 is 11.8. The van der Waals surface area contributed by atoms with E-state index in [0.29, 0.717) is 5.92 Å². The maximum atomic E-state index is 12.3. The van der Waals surface area contributed by atoms with Crippen molar-refractivity contribution in [2.24, 2.45) is 11.3 Å². The first-order valence-corrected chi connectivity index (χ1v) is 7.81. The molecule has 0 amide bonds. The Balaban J connectivity index is 5.03. The van der Waals surface area contributed by atoms with Crippen molar-refractivity contribution in [1.29, 1.82) is 0 Å². The lowest BCUT2D eigenvalue weighted by atomic mass is 9.89. The molecule has 0 aromatic rings. The molecule has 0 aromatic carbocycles. The van der Waals surface area contributed by atoms with Crippen LogP contribution in [0.2, 0.25) is 0 Å². The molecule has 0 radical (unpaired) electrons. The van der Waals surface area contributed by atoms with Crippen LogP contribution in [0.5, 0.6) is 0 Å². The fraction of sp³-hybridized carbons (Fsp3) is 0.941. The van der Waals surface area contributed by atoms with Crippen LogP contribution < -0.4 is 0 Å². The molecule has 1 unspecified atom stereocenters. The zero-order chi connectivity index (χ0) is 16.1. The highest BCUT2D eigenvalue weighted by molar-refractivity contribution is 5.76. The van der Waals surface area contributed by atoms with Gasteiger partial charge in [-0.2, -0.15) is 0 Å². The summed E-state index contributed by atoms with van der Waals surface area (Å²) in [5, 5.41) is 0. The molecule has 0 bridgehead atoms. The maximum Gasteiger partial charge on any atom is 0.311 e. The number of hydrogen-bond donors (Lipinski definition) is 0. The van der Waals surface area contributed by atoms with Gasteiger partial charge >= 0.3 is 5.97 Å². The van der Waals surface area contributed by atoms with E-state index in [0.717, 1.165) is 12.8 Å². The Bertz CT molecular complexity index is 303. The second kappa shape index (κ2) is 7.44. The minimum atomic E-state index is -0.474. The van der Waals surface area contributed by atoms with Gasteiger partial charge in [0.2, 0.25) is 0 Å². The third-order valence-corrected chi connectivity index (χ3v) is 3.69. The van der Waals surface area contributed by atoms with Crippen molar-refractivity contribution in [3.8, 4) is 0 Å². The molecular formula is C17H34O3. The number of carbonyl (C=O) groups excluding carboxylic acids is 1. The average molecular weight is 286 g/mol. The second-order valence-electron chi connectivity index (χ2n) is 7.53. The van der Waals surface area contributed by atoms with E-state index in [1.807, 2.05) is 48.5 Å². The summed E-state index contributed by atoms with van der Waals surface area (Å²) in [5.74, 6) is 0.318. The lowest BCUT2D eigenvalue weighted by Crippen LogP contribution is -2.46. The lowest BCUT2D eigenvalue weighted by Gasteiger charge is -2.38. The summed E-state index contributed by atoms with van der Waals surface area (Å²) in [7, 11) is 0. The quantitative estimate of drug-likeness (QED) is 0.612. The van der Waals surface area contributed by atoms with Gasteiger partial charge in [-0.25, -0.2) is 0 Å². The van der Waals surface area contributed by atoms with Crippen molar-refractivity contribution in [1.82, 2.24) is 0 Å². The predicted molar refractivity (Wildman–Crippen MR) is 83.7 cm³/mol. The number of rotatable bonds is 8. The fourth-order valence-electron chi connectivity index (χ4n) is 2.02. The van der Waals surface area contributed by atoms with Gasteiger partial charge in [-0.15, -0.1) is 0 Å². The number of ether oxygens (including phenoxy) is 2. The smallest absolute Gasteiger partial charge is 0.311 e. The van der Waals surface area contributed by atoms with Gasteiger partial charge in [-0.3, -0.25) is 4.79 Å². The van der Waals surface area contributed by atoms with E-state index < -0.39 is 11.0 Å². The molecule has 0 saturated carbocycles. The van der Waals surface area contributed by atoms with Crippen LogP contribution in [0.3, 0.4) is 0 Å².